The molecule has 1 aliphatic rings. The predicted octanol–water partition coefficient (Wildman–Crippen LogP) is 1.64. The molecule has 2 rings (SSSR count). The van der Waals surface area contributed by atoms with Crippen LogP contribution in [0.5, 0.6) is 0 Å². The molecule has 128 valence electrons. The summed E-state index contributed by atoms with van der Waals surface area (Å²) in [5.74, 6) is 0. The number of nitrogens with two attached hydrogens (primary N) is 1. The van der Waals surface area contributed by atoms with Crippen LogP contribution in [0.25, 0.3) is 0 Å². The van der Waals surface area contributed by atoms with Crippen molar-refractivity contribution in [3.8, 4) is 0 Å². The van der Waals surface area contributed by atoms with Crippen LogP contribution in [0.2, 0.25) is 0 Å². The Morgan fingerprint density at radius 2 is 1.78 bits per heavy atom. The van der Waals surface area contributed by atoms with Crippen molar-refractivity contribution in [3.63, 3.8) is 0 Å². The molecule has 1 aromatic rings. The molecule has 11 heteroatoms. The van der Waals surface area contributed by atoms with Gasteiger partial charge in [-0.05, 0) is 25.0 Å². The number of hydrogen-bond donors (Lipinski definition) is 1. The van der Waals surface area contributed by atoms with Crippen molar-refractivity contribution in [3.05, 3.63) is 34.4 Å². The van der Waals surface area contributed by atoms with Gasteiger partial charge in [-0.3, -0.25) is 10.1 Å². The van der Waals surface area contributed by atoms with Crippen molar-refractivity contribution in [1.29, 1.82) is 0 Å². The number of nitro benzene ring substituents is 1. The molecule has 1 saturated heterocycles. The molecule has 1 aromatic carbocycles. The van der Waals surface area contributed by atoms with Crippen LogP contribution in [0, 0.1) is 10.1 Å². The van der Waals surface area contributed by atoms with Crippen LogP contribution in [0.1, 0.15) is 12.8 Å². The summed E-state index contributed by atoms with van der Waals surface area (Å²) in [6.07, 6.45) is -5.07. The van der Waals surface area contributed by atoms with E-state index >= 15 is 0 Å². The van der Waals surface area contributed by atoms with Crippen LogP contribution in [0.15, 0.2) is 29.2 Å². The van der Waals surface area contributed by atoms with E-state index in [4.69, 9.17) is 5.73 Å². The second-order valence-corrected chi connectivity index (χ2v) is 7.11. The zero-order valence-electron chi connectivity index (χ0n) is 11.7. The van der Waals surface area contributed by atoms with Gasteiger partial charge in [0, 0.05) is 24.7 Å². The van der Waals surface area contributed by atoms with Gasteiger partial charge in [-0.2, -0.15) is 17.5 Å². The monoisotopic (exact) mass is 353 g/mol. The van der Waals surface area contributed by atoms with E-state index in [0.29, 0.717) is 4.31 Å². The highest BCUT2D eigenvalue weighted by Gasteiger charge is 2.50. The van der Waals surface area contributed by atoms with Gasteiger partial charge in [0.25, 0.3) is 5.69 Å². The fourth-order valence-corrected chi connectivity index (χ4v) is 4.13. The first-order valence-corrected chi connectivity index (χ1v) is 8.06. The lowest BCUT2D eigenvalue weighted by molar-refractivity contribution is -0.384. The van der Waals surface area contributed by atoms with Gasteiger partial charge in [-0.15, -0.1) is 0 Å². The topological polar surface area (TPSA) is 107 Å². The van der Waals surface area contributed by atoms with E-state index in [1.165, 1.54) is 0 Å². The quantitative estimate of drug-likeness (QED) is 0.657. The zero-order valence-corrected chi connectivity index (χ0v) is 12.5. The maximum atomic E-state index is 13.1. The van der Waals surface area contributed by atoms with E-state index in [9.17, 15) is 31.7 Å². The maximum absolute atomic E-state index is 13.1. The summed E-state index contributed by atoms with van der Waals surface area (Å²) in [6.45, 7) is -0.455. The van der Waals surface area contributed by atoms with E-state index in [1.54, 1.807) is 0 Å². The van der Waals surface area contributed by atoms with Gasteiger partial charge in [0.2, 0.25) is 10.0 Å². The molecule has 0 spiro atoms. The number of nitrogens with zero attached hydrogens (tertiary/aromatic N) is 2. The first kappa shape index (κ1) is 17.6. The van der Waals surface area contributed by atoms with Crippen LogP contribution in [-0.4, -0.2) is 42.5 Å². The molecular formula is C12H14F3N3O4S. The van der Waals surface area contributed by atoms with Crippen LogP contribution >= 0.6 is 0 Å². The number of benzene rings is 1. The maximum Gasteiger partial charge on any atom is 0.405 e. The van der Waals surface area contributed by atoms with E-state index in [1.807, 2.05) is 0 Å². The van der Waals surface area contributed by atoms with E-state index in [2.05, 4.69) is 0 Å². The number of piperidine rings is 1. The summed E-state index contributed by atoms with van der Waals surface area (Å²) in [5, 5.41) is 10.6. The van der Waals surface area contributed by atoms with Gasteiger partial charge in [-0.1, -0.05) is 0 Å². The Hall–Kier alpha value is -1.72. The molecular weight excluding hydrogens is 339 g/mol. The SMILES string of the molecule is N[C@H]1CC[C@H](C(F)(F)F)N(S(=O)(=O)c2ccc([N+](=O)[O-])cc2)C1. The number of alkyl halides is 3. The Balaban J connectivity index is 2.40. The Morgan fingerprint density at radius 1 is 1.22 bits per heavy atom. The minimum absolute atomic E-state index is 0.0659. The Kier molecular flexibility index (Phi) is 4.64. The fraction of sp³-hybridized carbons (Fsp3) is 0.500. The highest BCUT2D eigenvalue weighted by Crippen LogP contribution is 2.35. The third kappa shape index (κ3) is 3.62. The molecule has 0 bridgehead atoms. The number of hydrogen-bond acceptors (Lipinski definition) is 5. The number of halogens is 3. The summed E-state index contributed by atoms with van der Waals surface area (Å²) < 4.78 is 64.6. The normalized spacial score (nSPS) is 23.7. The largest absolute Gasteiger partial charge is 0.405 e. The lowest BCUT2D eigenvalue weighted by Crippen LogP contribution is -2.56. The fourth-order valence-electron chi connectivity index (χ4n) is 2.43. The summed E-state index contributed by atoms with van der Waals surface area (Å²) in [6, 6.07) is 0.852. The van der Waals surface area contributed by atoms with Crippen molar-refractivity contribution in [2.75, 3.05) is 6.54 Å². The lowest BCUT2D eigenvalue weighted by Gasteiger charge is -2.38. The van der Waals surface area contributed by atoms with Crippen molar-refractivity contribution in [1.82, 2.24) is 4.31 Å². The zero-order chi connectivity index (χ0) is 17.4. The second kappa shape index (κ2) is 6.06. The van der Waals surface area contributed by atoms with Crippen LogP contribution in [0.3, 0.4) is 0 Å². The molecule has 0 aliphatic carbocycles. The van der Waals surface area contributed by atoms with Gasteiger partial charge in [-0.25, -0.2) is 8.42 Å². The molecule has 1 fully saturated rings. The lowest BCUT2D eigenvalue weighted by atomic mass is 10.0. The molecule has 0 amide bonds. The molecule has 2 N–H and O–H groups in total. The average molecular weight is 353 g/mol. The molecule has 7 nitrogen and oxygen atoms in total. The summed E-state index contributed by atoms with van der Waals surface area (Å²) in [7, 11) is -4.46. The summed E-state index contributed by atoms with van der Waals surface area (Å²) in [5.41, 5.74) is 5.25. The van der Waals surface area contributed by atoms with Crippen LogP contribution in [-0.2, 0) is 10.0 Å². The first-order valence-electron chi connectivity index (χ1n) is 6.62. The molecule has 2 atom stereocenters. The van der Waals surface area contributed by atoms with Gasteiger partial charge < -0.3 is 5.73 Å². The number of sulfonamides is 1. The molecule has 0 unspecified atom stereocenters. The Labute approximate surface area is 130 Å². The highest BCUT2D eigenvalue weighted by molar-refractivity contribution is 7.89. The highest BCUT2D eigenvalue weighted by atomic mass is 32.2. The van der Waals surface area contributed by atoms with Gasteiger partial charge in [0.15, 0.2) is 0 Å². The van der Waals surface area contributed by atoms with Crippen molar-refractivity contribution in [2.24, 2.45) is 5.73 Å². The number of non-ortho nitro benzene ring substituents is 1. The standard InChI is InChI=1S/C12H14F3N3O4S/c13-12(14,15)11-6-1-8(16)7-17(11)23(21,22)10-4-2-9(3-5-10)18(19)20/h2-5,8,11H,1,6-7,16H2/t8-,11+/m0/s1. The van der Waals surface area contributed by atoms with E-state index in [-0.39, 0.29) is 12.1 Å². The molecule has 0 saturated carbocycles. The molecule has 1 aliphatic heterocycles. The summed E-state index contributed by atoms with van der Waals surface area (Å²) in [4.78, 5) is 9.40. The molecule has 1 heterocycles. The minimum atomic E-state index is -4.71. The van der Waals surface area contributed by atoms with Gasteiger partial charge in [0.05, 0.1) is 9.82 Å². The third-order valence-electron chi connectivity index (χ3n) is 3.60. The summed E-state index contributed by atoms with van der Waals surface area (Å²) >= 11 is 0. The number of nitro groups is 1. The van der Waals surface area contributed by atoms with Crippen molar-refractivity contribution >= 4 is 15.7 Å². The average Bonchev–Trinajstić information content (AvgIpc) is 2.46. The Bertz CT molecular complexity index is 690. The molecule has 0 radical (unpaired) electrons. The van der Waals surface area contributed by atoms with Gasteiger partial charge >= 0.3 is 6.18 Å². The Morgan fingerprint density at radius 3 is 2.26 bits per heavy atom. The smallest absolute Gasteiger partial charge is 0.327 e. The van der Waals surface area contributed by atoms with E-state index < -0.39 is 51.1 Å². The van der Waals surface area contributed by atoms with E-state index in [0.717, 1.165) is 24.3 Å². The predicted molar refractivity (Wildman–Crippen MR) is 74.0 cm³/mol. The van der Waals surface area contributed by atoms with Crippen molar-refractivity contribution < 1.29 is 26.5 Å². The number of rotatable bonds is 3. The van der Waals surface area contributed by atoms with Crippen LogP contribution < -0.4 is 5.73 Å². The van der Waals surface area contributed by atoms with Crippen molar-refractivity contribution in [2.45, 2.75) is 36.0 Å². The third-order valence-corrected chi connectivity index (χ3v) is 5.49. The minimum Gasteiger partial charge on any atom is -0.327 e. The molecule has 23 heavy (non-hydrogen) atoms. The molecule has 0 aromatic heterocycles. The first-order chi connectivity index (χ1) is 10.5. The van der Waals surface area contributed by atoms with Crippen LogP contribution in [0.4, 0.5) is 18.9 Å². The van der Waals surface area contributed by atoms with Gasteiger partial charge in [0.1, 0.15) is 6.04 Å². The second-order valence-electron chi connectivity index (χ2n) is 5.22.